The lowest BCUT2D eigenvalue weighted by Crippen LogP contribution is -2.53. The van der Waals surface area contributed by atoms with Gasteiger partial charge in [0.2, 0.25) is 11.8 Å². The number of ether oxygens (including phenoxy) is 5. The Morgan fingerprint density at radius 1 is 1.01 bits per heavy atom. The average molecular weight is 1450 g/mol. The number of primary amides is 1. The number of sulfone groups is 1. The molecule has 22 nitrogen and oxygen atoms in total. The summed E-state index contributed by atoms with van der Waals surface area (Å²) in [5.74, 6) is -6.85. The predicted octanol–water partition coefficient (Wildman–Crippen LogP) is 8.35. The van der Waals surface area contributed by atoms with Crippen LogP contribution in [0.4, 0.5) is 10.5 Å². The number of rotatable bonds is 27. The highest BCUT2D eigenvalue weighted by molar-refractivity contribution is 9.09. The largest absolute Gasteiger partial charge is 0.462 e. The first-order valence-corrected chi connectivity index (χ1v) is 35.5. The molecule has 0 aromatic heterocycles. The number of carbonyl (C=O) groups excluding carboxylic acids is 9. The van der Waals surface area contributed by atoms with Crippen LogP contribution in [0.25, 0.3) is 0 Å². The number of hydrogen-bond acceptors (Lipinski definition) is 17. The highest BCUT2D eigenvalue weighted by atomic mass is 79.9. The van der Waals surface area contributed by atoms with Crippen molar-refractivity contribution < 1.29 is 80.4 Å². The number of amides is 5. The van der Waals surface area contributed by atoms with Crippen LogP contribution < -0.4 is 21.3 Å². The number of carbonyl (C=O) groups is 9. The molecule has 0 radical (unpaired) electrons. The molecule has 4 bridgehead atoms. The number of anilines is 1. The molecule has 510 valence electrons. The number of nitrogens with two attached hydrogens (primary N) is 1. The maximum atomic E-state index is 14.5. The first kappa shape index (κ1) is 77.1. The standard InChI is InChI=1S/C66H92Br2ClN5O17S/c1-37(2)47(31-46(75)19-14-15-24-64(7,8)91-62(82)45(35-67)36-68)59(79)72-48(20-17-25-71-63(70)83)50(76)29-43-22-23-44(30-52(43)92(13,85)86)60(80)73(10)41(6)61(81)89-54-32-55(77)74(11)49-28-42(27-39(4)57(49)69)26-38(3)18-16-21-53(87-12)66(84)33-51(88-56(78)34-66)40(5)58-65(54,9)90-58/h16,18,21-23,27-28,30,37,40-41,45,47-48,51,53-54,58,84H,14-15,17,19-20,24-26,29,31-36H2,1-13H3,(H,72,79)(H3,70,71,83)/b21-16+,38-18+/t40-,41+,47+,48+,51+,53-,54+,58+,65+,66-/m1/s1. The molecule has 92 heavy (non-hydrogen) atoms. The molecule has 2 fully saturated rings. The number of urea groups is 1. The summed E-state index contributed by atoms with van der Waals surface area (Å²) in [7, 11) is 0.0930. The van der Waals surface area contributed by atoms with Gasteiger partial charge in [-0.3, -0.25) is 33.6 Å². The van der Waals surface area contributed by atoms with Gasteiger partial charge in [-0.2, -0.15) is 0 Å². The third kappa shape index (κ3) is 20.7. The number of aliphatic hydroxyl groups is 1. The summed E-state index contributed by atoms with van der Waals surface area (Å²) in [6, 6.07) is 3.98. The number of nitrogens with zero attached hydrogens (tertiary/aromatic N) is 2. The normalized spacial score (nSPS) is 24.0. The van der Waals surface area contributed by atoms with Gasteiger partial charge >= 0.3 is 23.9 Å². The lowest BCUT2D eigenvalue weighted by Gasteiger charge is -2.41. The van der Waals surface area contributed by atoms with Crippen LogP contribution in [-0.2, 0) is 79.9 Å². The van der Waals surface area contributed by atoms with E-state index in [0.29, 0.717) is 52.6 Å². The van der Waals surface area contributed by atoms with Crippen LogP contribution in [0.5, 0.6) is 0 Å². The number of esters is 3. The Bertz CT molecular complexity index is 3250. The number of likely N-dealkylation sites (N-methyl/N-ethyl adjacent to an activating group) is 1. The summed E-state index contributed by atoms with van der Waals surface area (Å²) in [5, 5.41) is 18.5. The molecule has 0 saturated carbocycles. The monoisotopic (exact) mass is 1450 g/mol. The van der Waals surface area contributed by atoms with E-state index < -0.39 is 129 Å². The molecule has 5 N–H and O–H groups in total. The fourth-order valence-electron chi connectivity index (χ4n) is 11.7. The van der Waals surface area contributed by atoms with Crippen LogP contribution in [0.1, 0.15) is 147 Å². The van der Waals surface area contributed by atoms with E-state index in [2.05, 4.69) is 42.5 Å². The molecule has 2 aromatic carbocycles. The number of nitrogens with one attached hydrogen (secondary N) is 2. The number of ketones is 2. The van der Waals surface area contributed by atoms with Crippen molar-refractivity contribution in [2.75, 3.05) is 49.6 Å². The van der Waals surface area contributed by atoms with Crippen molar-refractivity contribution in [2.45, 2.75) is 198 Å². The van der Waals surface area contributed by atoms with Crippen molar-refractivity contribution in [3.05, 3.63) is 81.4 Å². The predicted molar refractivity (Wildman–Crippen MR) is 354 cm³/mol. The SMILES string of the molecule is CO[C@@H]1/C=C/C=C(\C)Cc2cc(C)c(Cl)c(c2)N(C)C(=O)C[C@H](OC(=O)[C@H](C)N(C)C(=O)c2ccc(CC(=O)[C@H](CCCNC(N)=O)NC(=O)[C@@H](CC(=O)CCCCC(C)(C)OC(=O)C(CBr)CBr)C(C)C)c(S(C)(=O)=O)c2)[C@]2(C)O[C@H]2[C@H](C)[C@@H]2C[C@@]1(O)CC(=O)O2. The Hall–Kier alpha value is -5.57. The van der Waals surface area contributed by atoms with E-state index in [9.17, 15) is 56.7 Å². The van der Waals surface area contributed by atoms with Gasteiger partial charge in [0.1, 0.15) is 46.9 Å². The van der Waals surface area contributed by atoms with Gasteiger partial charge in [-0.15, -0.1) is 0 Å². The Balaban J connectivity index is 1.36. The second kappa shape index (κ2) is 33.2. The molecule has 0 aliphatic carbocycles. The zero-order valence-electron chi connectivity index (χ0n) is 55.0. The fraction of sp³-hybridized carbons (Fsp3) is 0.621. The van der Waals surface area contributed by atoms with Crippen molar-refractivity contribution in [3.63, 3.8) is 0 Å². The molecule has 3 aliphatic rings. The minimum atomic E-state index is -4.19. The lowest BCUT2D eigenvalue weighted by molar-refractivity contribution is -0.187. The van der Waals surface area contributed by atoms with Gasteiger partial charge in [0, 0.05) is 87.7 Å². The van der Waals surface area contributed by atoms with Crippen LogP contribution in [0.3, 0.4) is 0 Å². The summed E-state index contributed by atoms with van der Waals surface area (Å²) in [6.07, 6.45) is 3.08. The second-order valence-electron chi connectivity index (χ2n) is 26.0. The Morgan fingerprint density at radius 2 is 1.68 bits per heavy atom. The van der Waals surface area contributed by atoms with Gasteiger partial charge in [0.05, 0.1) is 46.5 Å². The number of benzene rings is 2. The van der Waals surface area contributed by atoms with Crippen LogP contribution >= 0.6 is 43.5 Å². The Kier molecular flexibility index (Phi) is 27.8. The number of fused-ring (bicyclic) bond motifs is 5. The van der Waals surface area contributed by atoms with Crippen LogP contribution in [0, 0.1) is 30.6 Å². The molecule has 5 amide bonds. The van der Waals surface area contributed by atoms with Crippen molar-refractivity contribution in [3.8, 4) is 0 Å². The van der Waals surface area contributed by atoms with Crippen molar-refractivity contribution >= 4 is 112 Å². The van der Waals surface area contributed by atoms with Crippen LogP contribution in [0.2, 0.25) is 5.02 Å². The Morgan fingerprint density at radius 3 is 2.30 bits per heavy atom. The van der Waals surface area contributed by atoms with E-state index in [1.54, 1.807) is 53.0 Å². The molecule has 2 saturated heterocycles. The second-order valence-corrected chi connectivity index (χ2v) is 29.6. The maximum Gasteiger partial charge on any atom is 0.328 e. The summed E-state index contributed by atoms with van der Waals surface area (Å²) < 4.78 is 57.1. The van der Waals surface area contributed by atoms with E-state index in [1.165, 1.54) is 38.1 Å². The Labute approximate surface area is 562 Å². The van der Waals surface area contributed by atoms with Gasteiger partial charge in [0.15, 0.2) is 15.6 Å². The number of methoxy groups -OCH3 is 1. The highest BCUT2D eigenvalue weighted by Crippen LogP contribution is 2.50. The van der Waals surface area contributed by atoms with Crippen molar-refractivity contribution in [2.24, 2.45) is 29.4 Å². The number of aryl methyl sites for hydroxylation is 1. The lowest BCUT2D eigenvalue weighted by atomic mass is 9.78. The topological polar surface area (TPSA) is 314 Å². The van der Waals surface area contributed by atoms with E-state index in [1.807, 2.05) is 39.8 Å². The number of halogens is 3. The minimum absolute atomic E-state index is 0.00550. The van der Waals surface area contributed by atoms with Gasteiger partial charge < -0.3 is 55.0 Å². The van der Waals surface area contributed by atoms with E-state index in [-0.39, 0.29) is 84.7 Å². The van der Waals surface area contributed by atoms with Crippen LogP contribution in [-0.4, -0.2) is 170 Å². The fourth-order valence-corrected chi connectivity index (χ4v) is 14.5. The summed E-state index contributed by atoms with van der Waals surface area (Å²) in [4.78, 5) is 125. The van der Waals surface area contributed by atoms with Gasteiger partial charge in [0.25, 0.3) is 5.91 Å². The van der Waals surface area contributed by atoms with E-state index in [4.69, 9.17) is 41.0 Å². The number of allylic oxidation sites excluding steroid dienone is 3. The minimum Gasteiger partial charge on any atom is -0.462 e. The first-order valence-electron chi connectivity index (χ1n) is 31.0. The molecule has 10 atom stereocenters. The van der Waals surface area contributed by atoms with Crippen LogP contribution in [0.15, 0.2) is 59.0 Å². The van der Waals surface area contributed by atoms with Gasteiger partial charge in [-0.25, -0.2) is 18.0 Å². The van der Waals surface area contributed by atoms with Gasteiger partial charge in [-0.05, 0) is 121 Å². The third-order valence-corrected chi connectivity index (χ3v) is 20.8. The molecular formula is C66H92Br2ClN5O17S. The van der Waals surface area contributed by atoms with E-state index in [0.717, 1.165) is 28.4 Å². The number of Topliss-reactive ketones (excluding diaryl/α,β-unsaturated/α-hetero) is 2. The third-order valence-electron chi connectivity index (χ3n) is 17.6. The molecule has 3 heterocycles. The number of alkyl halides is 2. The maximum absolute atomic E-state index is 14.5. The summed E-state index contributed by atoms with van der Waals surface area (Å²) in [6.45, 7) is 15.7. The van der Waals surface area contributed by atoms with Crippen molar-refractivity contribution in [1.82, 2.24) is 15.5 Å². The number of hydrogen-bond donors (Lipinski definition) is 4. The number of unbranched alkanes of at least 4 members (excludes halogenated alkanes) is 1. The van der Waals surface area contributed by atoms with Gasteiger partial charge in [-0.1, -0.05) is 100 Å². The molecule has 0 spiro atoms. The molecule has 5 rings (SSSR count). The average Bonchev–Trinajstić information content (AvgIpc) is 1.57. The first-order chi connectivity index (χ1) is 42.9. The molecule has 26 heteroatoms. The summed E-state index contributed by atoms with van der Waals surface area (Å²) >= 11 is 13.5. The highest BCUT2D eigenvalue weighted by Gasteiger charge is 2.64. The smallest absolute Gasteiger partial charge is 0.328 e. The zero-order chi connectivity index (χ0) is 69.0. The molecule has 2 aromatic rings. The summed E-state index contributed by atoms with van der Waals surface area (Å²) in [5.41, 5.74) is 4.11. The molecular weight excluding hydrogens is 1360 g/mol. The quantitative estimate of drug-likeness (QED) is 0.0215. The van der Waals surface area contributed by atoms with E-state index >= 15 is 0 Å². The van der Waals surface area contributed by atoms with Crippen molar-refractivity contribution in [1.29, 1.82) is 0 Å². The molecule has 0 unspecified atom stereocenters. The molecule has 3 aliphatic heterocycles. The number of epoxide rings is 1. The zero-order valence-corrected chi connectivity index (χ0v) is 59.7.